The molecule has 0 aliphatic rings. The summed E-state index contributed by atoms with van der Waals surface area (Å²) in [6, 6.07) is 16.1. The molecule has 0 saturated heterocycles. The normalized spacial score (nSPS) is 11.4. The number of aromatic nitrogens is 5. The molecule has 0 atom stereocenters. The first-order valence-electron chi connectivity index (χ1n) is 9.15. The number of tetrazole rings is 1. The lowest BCUT2D eigenvalue weighted by Gasteiger charge is -2.20. The van der Waals surface area contributed by atoms with Crippen molar-refractivity contribution in [2.75, 3.05) is 0 Å². The lowest BCUT2D eigenvalue weighted by atomic mass is 9.87. The lowest BCUT2D eigenvalue weighted by molar-refractivity contribution is 0.627. The molecule has 2 heterocycles. The third-order valence-electron chi connectivity index (χ3n) is 4.98. The van der Waals surface area contributed by atoms with Gasteiger partial charge in [-0.1, -0.05) is 55.8 Å². The molecule has 1 N–H and O–H groups in total. The largest absolute Gasteiger partial charge is 0.252 e. The minimum Gasteiger partial charge on any atom is -0.252 e. The van der Waals surface area contributed by atoms with E-state index in [0.717, 1.165) is 46.1 Å². The first-order chi connectivity index (χ1) is 13.2. The summed E-state index contributed by atoms with van der Waals surface area (Å²) in [7, 11) is 0. The van der Waals surface area contributed by atoms with Gasteiger partial charge in [-0.3, -0.25) is 4.98 Å². The fourth-order valence-electron chi connectivity index (χ4n) is 3.62. The zero-order valence-electron chi connectivity index (χ0n) is 15.3. The highest BCUT2D eigenvalue weighted by molar-refractivity contribution is 6.31. The van der Waals surface area contributed by atoms with Crippen molar-refractivity contribution in [1.29, 1.82) is 0 Å². The summed E-state index contributed by atoms with van der Waals surface area (Å²) in [4.78, 5) is 5.02. The van der Waals surface area contributed by atoms with E-state index in [9.17, 15) is 0 Å². The molecule has 6 heteroatoms. The second-order valence-electron chi connectivity index (χ2n) is 6.52. The highest BCUT2D eigenvalue weighted by atomic mass is 35.5. The Hall–Kier alpha value is -2.79. The number of hydrogen-bond donors (Lipinski definition) is 1. The molecule has 4 rings (SSSR count). The molecule has 5 nitrogen and oxygen atoms in total. The number of nitrogens with one attached hydrogen (secondary N) is 1. The first-order valence-corrected chi connectivity index (χ1v) is 9.53. The third kappa shape index (κ3) is 3.19. The van der Waals surface area contributed by atoms with Crippen LogP contribution in [-0.4, -0.2) is 25.6 Å². The second-order valence-corrected chi connectivity index (χ2v) is 6.96. The Kier molecular flexibility index (Phi) is 4.86. The topological polar surface area (TPSA) is 67.3 Å². The molecule has 0 saturated carbocycles. The fourth-order valence-corrected chi connectivity index (χ4v) is 3.80. The summed E-state index contributed by atoms with van der Waals surface area (Å²) in [6.07, 6.45) is 1.98. The summed E-state index contributed by atoms with van der Waals surface area (Å²) < 4.78 is 0. The van der Waals surface area contributed by atoms with Crippen LogP contribution >= 0.6 is 11.6 Å². The van der Waals surface area contributed by atoms with Crippen molar-refractivity contribution in [2.45, 2.75) is 32.6 Å². The van der Waals surface area contributed by atoms with Crippen LogP contribution in [0.25, 0.3) is 33.4 Å². The number of nitrogens with zero attached hydrogens (tertiary/aromatic N) is 4. The van der Waals surface area contributed by atoms with Gasteiger partial charge < -0.3 is 0 Å². The molecule has 0 unspecified atom stereocenters. The Morgan fingerprint density at radius 2 is 1.78 bits per heavy atom. The van der Waals surface area contributed by atoms with Gasteiger partial charge in [0.25, 0.3) is 0 Å². The highest BCUT2D eigenvalue weighted by Gasteiger charge is 2.24. The van der Waals surface area contributed by atoms with E-state index in [2.05, 4.69) is 46.6 Å². The molecule has 4 aromatic rings. The van der Waals surface area contributed by atoms with Crippen LogP contribution in [0.5, 0.6) is 0 Å². The SMILES string of the molecule is CCC(CC)c1nc2ccc(Cl)cc2c(-c2ccccc2)c1-c1nn[nH]n1. The molecule has 2 aromatic heterocycles. The summed E-state index contributed by atoms with van der Waals surface area (Å²) in [5.41, 5.74) is 4.99. The van der Waals surface area contributed by atoms with Crippen LogP contribution in [0.3, 0.4) is 0 Å². The van der Waals surface area contributed by atoms with E-state index in [-0.39, 0.29) is 0 Å². The molecule has 0 bridgehead atoms. The summed E-state index contributed by atoms with van der Waals surface area (Å²) in [5, 5.41) is 16.6. The van der Waals surface area contributed by atoms with E-state index in [1.807, 2.05) is 36.4 Å². The molecular formula is C21H20ClN5. The summed E-state index contributed by atoms with van der Waals surface area (Å²) in [5.74, 6) is 0.867. The Balaban J connectivity index is 2.18. The predicted molar refractivity (Wildman–Crippen MR) is 109 cm³/mol. The van der Waals surface area contributed by atoms with Gasteiger partial charge >= 0.3 is 0 Å². The van der Waals surface area contributed by atoms with Gasteiger partial charge in [-0.2, -0.15) is 5.21 Å². The number of hydrogen-bond acceptors (Lipinski definition) is 4. The maximum atomic E-state index is 6.33. The third-order valence-corrected chi connectivity index (χ3v) is 5.21. The van der Waals surface area contributed by atoms with Crippen LogP contribution in [0.1, 0.15) is 38.3 Å². The van der Waals surface area contributed by atoms with Crippen LogP contribution in [0.4, 0.5) is 0 Å². The number of pyridine rings is 1. The van der Waals surface area contributed by atoms with Crippen molar-refractivity contribution in [2.24, 2.45) is 0 Å². The molecular weight excluding hydrogens is 358 g/mol. The van der Waals surface area contributed by atoms with Crippen molar-refractivity contribution in [1.82, 2.24) is 25.6 Å². The van der Waals surface area contributed by atoms with Crippen molar-refractivity contribution in [3.63, 3.8) is 0 Å². The van der Waals surface area contributed by atoms with Crippen molar-refractivity contribution < 1.29 is 0 Å². The van der Waals surface area contributed by atoms with Crippen LogP contribution < -0.4 is 0 Å². The predicted octanol–water partition coefficient (Wildman–Crippen LogP) is 5.64. The quantitative estimate of drug-likeness (QED) is 0.488. The van der Waals surface area contributed by atoms with Gasteiger partial charge in [0.1, 0.15) is 0 Å². The number of rotatable bonds is 5. The van der Waals surface area contributed by atoms with E-state index in [4.69, 9.17) is 16.6 Å². The molecule has 0 amide bonds. The Bertz CT molecular complexity index is 1060. The van der Waals surface area contributed by atoms with Gasteiger partial charge in [0.15, 0.2) is 0 Å². The minimum absolute atomic E-state index is 0.307. The maximum absolute atomic E-state index is 6.33. The monoisotopic (exact) mass is 377 g/mol. The van der Waals surface area contributed by atoms with E-state index in [1.165, 1.54) is 0 Å². The molecule has 27 heavy (non-hydrogen) atoms. The maximum Gasteiger partial charge on any atom is 0.207 e. The molecule has 0 spiro atoms. The van der Waals surface area contributed by atoms with Crippen LogP contribution in [0.15, 0.2) is 48.5 Å². The molecule has 0 aliphatic carbocycles. The average Bonchev–Trinajstić information content (AvgIpc) is 3.23. The fraction of sp³-hybridized carbons (Fsp3) is 0.238. The molecule has 136 valence electrons. The number of fused-ring (bicyclic) bond motifs is 1. The zero-order chi connectivity index (χ0) is 18.8. The van der Waals surface area contributed by atoms with Crippen LogP contribution in [0, 0.1) is 0 Å². The Labute approximate surface area is 162 Å². The zero-order valence-corrected chi connectivity index (χ0v) is 16.0. The highest BCUT2D eigenvalue weighted by Crippen LogP contribution is 2.42. The van der Waals surface area contributed by atoms with Gasteiger partial charge in [-0.15, -0.1) is 10.2 Å². The molecule has 0 aliphatic heterocycles. The smallest absolute Gasteiger partial charge is 0.207 e. The standard InChI is InChI=1S/C21H20ClN5/c1-3-13(4-2)20-19(21-24-26-27-25-21)18(14-8-6-5-7-9-14)16-12-15(22)10-11-17(16)23-20/h5-13H,3-4H2,1-2H3,(H,24,25,26,27). The van der Waals surface area contributed by atoms with Crippen molar-refractivity contribution >= 4 is 22.5 Å². The average molecular weight is 378 g/mol. The second kappa shape index (κ2) is 7.45. The van der Waals surface area contributed by atoms with Crippen molar-refractivity contribution in [3.05, 3.63) is 59.2 Å². The number of halogens is 1. The number of aromatic amines is 1. The molecule has 2 aromatic carbocycles. The van der Waals surface area contributed by atoms with Gasteiger partial charge in [0.05, 0.1) is 16.8 Å². The number of H-pyrrole nitrogens is 1. The summed E-state index contributed by atoms with van der Waals surface area (Å²) in [6.45, 7) is 4.37. The molecule has 0 fully saturated rings. The molecule has 0 radical (unpaired) electrons. The van der Waals surface area contributed by atoms with Gasteiger partial charge in [-0.25, -0.2) is 0 Å². The van der Waals surface area contributed by atoms with Crippen LogP contribution in [-0.2, 0) is 0 Å². The first kappa shape index (κ1) is 17.6. The number of benzene rings is 2. The van der Waals surface area contributed by atoms with Gasteiger partial charge in [0.2, 0.25) is 5.82 Å². The van der Waals surface area contributed by atoms with E-state index < -0.39 is 0 Å². The Morgan fingerprint density at radius 3 is 2.44 bits per heavy atom. The van der Waals surface area contributed by atoms with Crippen LogP contribution in [0.2, 0.25) is 5.02 Å². The van der Waals surface area contributed by atoms with E-state index >= 15 is 0 Å². The lowest BCUT2D eigenvalue weighted by Crippen LogP contribution is -2.06. The minimum atomic E-state index is 0.307. The summed E-state index contributed by atoms with van der Waals surface area (Å²) >= 11 is 6.33. The van der Waals surface area contributed by atoms with Gasteiger partial charge in [0, 0.05) is 21.9 Å². The van der Waals surface area contributed by atoms with E-state index in [1.54, 1.807) is 0 Å². The Morgan fingerprint density at radius 1 is 1.00 bits per heavy atom. The van der Waals surface area contributed by atoms with Gasteiger partial charge in [-0.05, 0) is 41.8 Å². The van der Waals surface area contributed by atoms with E-state index in [0.29, 0.717) is 16.8 Å². The van der Waals surface area contributed by atoms with Crippen molar-refractivity contribution in [3.8, 4) is 22.5 Å².